The summed E-state index contributed by atoms with van der Waals surface area (Å²) in [7, 11) is 0. The molecule has 1 aromatic carbocycles. The highest BCUT2D eigenvalue weighted by atomic mass is 32.1. The van der Waals surface area contributed by atoms with Crippen LogP contribution in [0.2, 0.25) is 0 Å². The number of ether oxygens (including phenoxy) is 1. The van der Waals surface area contributed by atoms with Gasteiger partial charge in [-0.2, -0.15) is 4.37 Å². The molecule has 0 bridgehead atoms. The summed E-state index contributed by atoms with van der Waals surface area (Å²) in [4.78, 5) is 23.3. The van der Waals surface area contributed by atoms with E-state index in [4.69, 9.17) is 4.74 Å². The van der Waals surface area contributed by atoms with Gasteiger partial charge in [0, 0.05) is 18.2 Å². The van der Waals surface area contributed by atoms with E-state index in [0.29, 0.717) is 25.1 Å². The average Bonchev–Trinajstić information content (AvgIpc) is 2.91. The number of esters is 1. The first kappa shape index (κ1) is 15.6. The Morgan fingerprint density at radius 1 is 1.14 bits per heavy atom. The number of unbranched alkanes of at least 4 members (excludes halogenated alkanes) is 2. The second-order valence-corrected chi connectivity index (χ2v) is 5.62. The van der Waals surface area contributed by atoms with E-state index in [9.17, 15) is 9.59 Å². The van der Waals surface area contributed by atoms with Crippen molar-refractivity contribution >= 4 is 33.4 Å². The topological polar surface area (TPSA) is 56.3 Å². The van der Waals surface area contributed by atoms with Gasteiger partial charge in [0.1, 0.15) is 5.69 Å². The summed E-state index contributed by atoms with van der Waals surface area (Å²) < 4.78 is 10.2. The van der Waals surface area contributed by atoms with Gasteiger partial charge in [0.25, 0.3) is 0 Å². The zero-order valence-electron chi connectivity index (χ0n) is 12.1. The van der Waals surface area contributed by atoms with Crippen molar-refractivity contribution in [2.45, 2.75) is 39.0 Å². The van der Waals surface area contributed by atoms with E-state index in [0.717, 1.165) is 29.3 Å². The van der Waals surface area contributed by atoms with Gasteiger partial charge in [-0.3, -0.25) is 9.59 Å². The van der Waals surface area contributed by atoms with E-state index in [2.05, 4.69) is 4.37 Å². The number of rotatable bonds is 8. The van der Waals surface area contributed by atoms with Crippen molar-refractivity contribution in [3.63, 3.8) is 0 Å². The molecule has 0 N–H and O–H groups in total. The lowest BCUT2D eigenvalue weighted by molar-refractivity contribution is -0.143. The highest BCUT2D eigenvalue weighted by molar-refractivity contribution is 7.13. The van der Waals surface area contributed by atoms with Crippen molar-refractivity contribution in [3.8, 4) is 0 Å². The van der Waals surface area contributed by atoms with Crippen molar-refractivity contribution in [2.75, 3.05) is 6.61 Å². The Bertz CT molecular complexity index is 621. The van der Waals surface area contributed by atoms with E-state index in [1.54, 1.807) is 6.92 Å². The third-order valence-electron chi connectivity index (χ3n) is 3.23. The zero-order chi connectivity index (χ0) is 15.1. The molecule has 0 aliphatic rings. The fourth-order valence-corrected chi connectivity index (χ4v) is 2.96. The van der Waals surface area contributed by atoms with Gasteiger partial charge in [-0.1, -0.05) is 24.6 Å². The fraction of sp³-hybridized carbons (Fsp3) is 0.438. The number of carbonyl (C=O) groups excluding carboxylic acids is 2. The summed E-state index contributed by atoms with van der Waals surface area (Å²) in [6, 6.07) is 7.78. The maximum atomic E-state index is 12.2. The van der Waals surface area contributed by atoms with Gasteiger partial charge < -0.3 is 4.74 Å². The molecular weight excluding hydrogens is 286 g/mol. The van der Waals surface area contributed by atoms with Gasteiger partial charge >= 0.3 is 5.97 Å². The molecule has 2 rings (SSSR count). The standard InChI is InChI=1S/C16H19NO3S/c1-2-20-15(19)11-5-3-4-9-13(18)16-12-8-6-7-10-14(12)21-17-16/h6-8,10H,2-5,9,11H2,1H3. The smallest absolute Gasteiger partial charge is 0.305 e. The molecule has 21 heavy (non-hydrogen) atoms. The molecule has 0 radical (unpaired) electrons. The molecule has 112 valence electrons. The van der Waals surface area contributed by atoms with Crippen LogP contribution in [0.15, 0.2) is 24.3 Å². The van der Waals surface area contributed by atoms with E-state index in [1.165, 1.54) is 11.5 Å². The first-order chi connectivity index (χ1) is 10.2. The maximum absolute atomic E-state index is 12.2. The number of ketones is 1. The Balaban J connectivity index is 1.76. The molecule has 0 fully saturated rings. The van der Waals surface area contributed by atoms with E-state index in [1.807, 2.05) is 24.3 Å². The maximum Gasteiger partial charge on any atom is 0.305 e. The van der Waals surface area contributed by atoms with Gasteiger partial charge in [-0.25, -0.2) is 0 Å². The Morgan fingerprint density at radius 3 is 2.71 bits per heavy atom. The van der Waals surface area contributed by atoms with E-state index < -0.39 is 0 Å². The van der Waals surface area contributed by atoms with Crippen LogP contribution in [0.5, 0.6) is 0 Å². The van der Waals surface area contributed by atoms with Crippen molar-refractivity contribution in [2.24, 2.45) is 0 Å². The number of nitrogens with zero attached hydrogens (tertiary/aromatic N) is 1. The molecule has 0 saturated heterocycles. The lowest BCUT2D eigenvalue weighted by atomic mass is 10.1. The molecule has 1 aromatic heterocycles. The molecule has 0 saturated carbocycles. The van der Waals surface area contributed by atoms with Crippen LogP contribution < -0.4 is 0 Å². The lowest BCUT2D eigenvalue weighted by Gasteiger charge is -2.01. The Hall–Kier alpha value is -1.75. The van der Waals surface area contributed by atoms with Crippen molar-refractivity contribution in [3.05, 3.63) is 30.0 Å². The van der Waals surface area contributed by atoms with Crippen LogP contribution in [0.1, 0.15) is 49.5 Å². The number of hydrogen-bond acceptors (Lipinski definition) is 5. The van der Waals surface area contributed by atoms with Gasteiger partial charge in [0.2, 0.25) is 0 Å². The molecule has 1 heterocycles. The number of benzene rings is 1. The van der Waals surface area contributed by atoms with Crippen LogP contribution in [0.4, 0.5) is 0 Å². The molecule has 0 aliphatic carbocycles. The molecule has 5 heteroatoms. The van der Waals surface area contributed by atoms with E-state index in [-0.39, 0.29) is 11.8 Å². The minimum absolute atomic E-state index is 0.0867. The molecule has 0 atom stereocenters. The van der Waals surface area contributed by atoms with Crippen LogP contribution in [-0.4, -0.2) is 22.7 Å². The first-order valence-electron chi connectivity index (χ1n) is 7.25. The predicted octanol–water partition coefficient (Wildman–Crippen LogP) is 3.99. The van der Waals surface area contributed by atoms with Gasteiger partial charge in [0.05, 0.1) is 11.3 Å². The molecule has 4 nitrogen and oxygen atoms in total. The summed E-state index contributed by atoms with van der Waals surface area (Å²) in [6.07, 6.45) is 3.32. The van der Waals surface area contributed by atoms with E-state index >= 15 is 0 Å². The highest BCUT2D eigenvalue weighted by Crippen LogP contribution is 2.23. The largest absolute Gasteiger partial charge is 0.466 e. The third kappa shape index (κ3) is 4.36. The number of fused-ring (bicyclic) bond motifs is 1. The number of hydrogen-bond donors (Lipinski definition) is 0. The van der Waals surface area contributed by atoms with Crippen LogP contribution in [0, 0.1) is 0 Å². The highest BCUT2D eigenvalue weighted by Gasteiger charge is 2.13. The van der Waals surface area contributed by atoms with Crippen molar-refractivity contribution in [1.29, 1.82) is 0 Å². The predicted molar refractivity (Wildman–Crippen MR) is 83.7 cm³/mol. The molecular formula is C16H19NO3S. The number of Topliss-reactive ketones (excluding diaryl/α,β-unsaturated/α-hetero) is 1. The summed E-state index contributed by atoms with van der Waals surface area (Å²) in [5.41, 5.74) is 0.584. The monoisotopic (exact) mass is 305 g/mol. The number of carbonyl (C=O) groups is 2. The first-order valence-corrected chi connectivity index (χ1v) is 8.03. The number of aromatic nitrogens is 1. The Labute approximate surface area is 128 Å². The second kappa shape index (κ2) is 7.88. The fourth-order valence-electron chi connectivity index (χ4n) is 2.17. The summed E-state index contributed by atoms with van der Waals surface area (Å²) >= 11 is 1.36. The van der Waals surface area contributed by atoms with Crippen LogP contribution in [-0.2, 0) is 9.53 Å². The third-order valence-corrected chi connectivity index (χ3v) is 4.06. The SMILES string of the molecule is CCOC(=O)CCCCCC(=O)c1nsc2ccccc12. The van der Waals surface area contributed by atoms with Gasteiger partial charge in [0.15, 0.2) is 5.78 Å². The van der Waals surface area contributed by atoms with Crippen molar-refractivity contribution in [1.82, 2.24) is 4.37 Å². The Kier molecular flexibility index (Phi) is 5.87. The van der Waals surface area contributed by atoms with Crippen LogP contribution in [0.3, 0.4) is 0 Å². The lowest BCUT2D eigenvalue weighted by Crippen LogP contribution is -2.04. The zero-order valence-corrected chi connectivity index (χ0v) is 12.9. The summed E-state index contributed by atoms with van der Waals surface area (Å²) in [5.74, 6) is -0.0714. The normalized spacial score (nSPS) is 10.7. The Morgan fingerprint density at radius 2 is 1.90 bits per heavy atom. The van der Waals surface area contributed by atoms with Gasteiger partial charge in [-0.15, -0.1) is 0 Å². The molecule has 2 aromatic rings. The molecule has 0 aliphatic heterocycles. The summed E-state index contributed by atoms with van der Waals surface area (Å²) in [5, 5.41) is 0.944. The van der Waals surface area contributed by atoms with Crippen LogP contribution >= 0.6 is 11.5 Å². The molecule has 0 amide bonds. The summed E-state index contributed by atoms with van der Waals surface area (Å²) in [6.45, 7) is 2.23. The second-order valence-electron chi connectivity index (χ2n) is 4.82. The van der Waals surface area contributed by atoms with Crippen molar-refractivity contribution < 1.29 is 14.3 Å². The van der Waals surface area contributed by atoms with Crippen LogP contribution in [0.25, 0.3) is 10.1 Å². The minimum Gasteiger partial charge on any atom is -0.466 e. The molecule has 0 unspecified atom stereocenters. The molecule has 0 spiro atoms. The minimum atomic E-state index is -0.158. The average molecular weight is 305 g/mol. The quantitative estimate of drug-likeness (QED) is 0.420. The van der Waals surface area contributed by atoms with Gasteiger partial charge in [-0.05, 0) is 37.4 Å².